The van der Waals surface area contributed by atoms with Gasteiger partial charge in [-0.05, 0) is 49.9 Å². The molecule has 0 bridgehead atoms. The van der Waals surface area contributed by atoms with Gasteiger partial charge in [-0.15, -0.1) is 0 Å². The third-order valence-electron chi connectivity index (χ3n) is 4.37. The van der Waals surface area contributed by atoms with Crippen molar-refractivity contribution < 1.29 is 4.92 Å². The lowest BCUT2D eigenvalue weighted by atomic mass is 9.88. The van der Waals surface area contributed by atoms with E-state index in [0.717, 1.165) is 49.8 Å². The second kappa shape index (κ2) is 4.81. The number of nitro groups is 1. The van der Waals surface area contributed by atoms with Crippen molar-refractivity contribution >= 4 is 11.4 Å². The number of nitrogens with zero attached hydrogens (tertiary/aromatic N) is 2. The zero-order chi connectivity index (χ0) is 13.4. The van der Waals surface area contributed by atoms with Crippen molar-refractivity contribution in [2.45, 2.75) is 13.3 Å². The Morgan fingerprint density at radius 1 is 1.37 bits per heavy atom. The molecule has 2 unspecified atom stereocenters. The Hall–Kier alpha value is -1.62. The Morgan fingerprint density at radius 3 is 2.95 bits per heavy atom. The van der Waals surface area contributed by atoms with E-state index >= 15 is 0 Å². The maximum atomic E-state index is 11.2. The molecule has 1 aromatic carbocycles. The number of hydrogen-bond acceptors (Lipinski definition) is 4. The minimum absolute atomic E-state index is 0.240. The van der Waals surface area contributed by atoms with E-state index in [0.29, 0.717) is 5.92 Å². The fraction of sp³-hybridized carbons (Fsp3) is 0.571. The van der Waals surface area contributed by atoms with Gasteiger partial charge < -0.3 is 10.2 Å². The summed E-state index contributed by atoms with van der Waals surface area (Å²) in [6.07, 6.45) is 1.13. The summed E-state index contributed by atoms with van der Waals surface area (Å²) in [5, 5.41) is 14.6. The first-order chi connectivity index (χ1) is 9.15. The van der Waals surface area contributed by atoms with Crippen LogP contribution in [0.3, 0.4) is 0 Å². The zero-order valence-corrected chi connectivity index (χ0v) is 11.1. The van der Waals surface area contributed by atoms with Gasteiger partial charge >= 0.3 is 0 Å². The molecular formula is C14H19N3O2. The smallest absolute Gasteiger partial charge is 0.292 e. The van der Waals surface area contributed by atoms with Crippen LogP contribution in [-0.4, -0.2) is 31.1 Å². The van der Waals surface area contributed by atoms with E-state index in [1.54, 1.807) is 6.07 Å². The predicted octanol–water partition coefficient (Wildman–Crippen LogP) is 1.95. The highest BCUT2D eigenvalue weighted by atomic mass is 16.6. The average molecular weight is 261 g/mol. The third kappa shape index (κ3) is 2.30. The quantitative estimate of drug-likeness (QED) is 0.653. The van der Waals surface area contributed by atoms with Crippen molar-refractivity contribution in [2.24, 2.45) is 11.8 Å². The van der Waals surface area contributed by atoms with E-state index in [4.69, 9.17) is 0 Å². The maximum Gasteiger partial charge on any atom is 0.292 e. The number of rotatable bonds is 2. The fourth-order valence-corrected chi connectivity index (χ4v) is 3.30. The lowest BCUT2D eigenvalue weighted by molar-refractivity contribution is -0.384. The second-order valence-corrected chi connectivity index (χ2v) is 5.66. The predicted molar refractivity (Wildman–Crippen MR) is 74.5 cm³/mol. The summed E-state index contributed by atoms with van der Waals surface area (Å²) < 4.78 is 0. The normalized spacial score (nSPS) is 26.3. The SMILES string of the molecule is Cc1ccc(N2CCC3CNCC3C2)c([N+](=O)[O-])c1. The van der Waals surface area contributed by atoms with Gasteiger partial charge in [-0.25, -0.2) is 0 Å². The summed E-state index contributed by atoms with van der Waals surface area (Å²) in [7, 11) is 0. The molecule has 19 heavy (non-hydrogen) atoms. The van der Waals surface area contributed by atoms with Gasteiger partial charge in [0.25, 0.3) is 5.69 Å². The molecule has 0 radical (unpaired) electrons. The average Bonchev–Trinajstić information content (AvgIpc) is 2.85. The van der Waals surface area contributed by atoms with Crippen LogP contribution >= 0.6 is 0 Å². The van der Waals surface area contributed by atoms with E-state index in [2.05, 4.69) is 10.2 Å². The molecular weight excluding hydrogens is 242 g/mol. The molecule has 2 atom stereocenters. The van der Waals surface area contributed by atoms with Crippen molar-refractivity contribution in [3.05, 3.63) is 33.9 Å². The van der Waals surface area contributed by atoms with Crippen molar-refractivity contribution in [1.29, 1.82) is 0 Å². The van der Waals surface area contributed by atoms with Gasteiger partial charge in [0.15, 0.2) is 0 Å². The van der Waals surface area contributed by atoms with Crippen LogP contribution in [0.1, 0.15) is 12.0 Å². The van der Waals surface area contributed by atoms with Gasteiger partial charge in [-0.2, -0.15) is 0 Å². The monoisotopic (exact) mass is 261 g/mol. The molecule has 5 nitrogen and oxygen atoms in total. The lowest BCUT2D eigenvalue weighted by Gasteiger charge is -2.35. The highest BCUT2D eigenvalue weighted by Gasteiger charge is 2.34. The van der Waals surface area contributed by atoms with Crippen molar-refractivity contribution in [3.63, 3.8) is 0 Å². The van der Waals surface area contributed by atoms with Gasteiger partial charge in [0.1, 0.15) is 5.69 Å². The van der Waals surface area contributed by atoms with Crippen molar-refractivity contribution in [3.8, 4) is 0 Å². The van der Waals surface area contributed by atoms with E-state index in [9.17, 15) is 10.1 Å². The van der Waals surface area contributed by atoms with Crippen LogP contribution in [0.15, 0.2) is 18.2 Å². The second-order valence-electron chi connectivity index (χ2n) is 5.66. The number of piperidine rings is 1. The van der Waals surface area contributed by atoms with E-state index in [-0.39, 0.29) is 10.6 Å². The van der Waals surface area contributed by atoms with Gasteiger partial charge in [0, 0.05) is 19.2 Å². The summed E-state index contributed by atoms with van der Waals surface area (Å²) in [5.41, 5.74) is 1.96. The molecule has 3 rings (SSSR count). The summed E-state index contributed by atoms with van der Waals surface area (Å²) in [6, 6.07) is 5.53. The number of nitrogens with one attached hydrogen (secondary N) is 1. The minimum Gasteiger partial charge on any atom is -0.366 e. The summed E-state index contributed by atoms with van der Waals surface area (Å²) in [6.45, 7) is 5.90. The summed E-state index contributed by atoms with van der Waals surface area (Å²) in [4.78, 5) is 13.1. The zero-order valence-electron chi connectivity index (χ0n) is 11.1. The summed E-state index contributed by atoms with van der Waals surface area (Å²) >= 11 is 0. The van der Waals surface area contributed by atoms with E-state index in [1.165, 1.54) is 0 Å². The molecule has 0 saturated carbocycles. The Labute approximate surface area is 112 Å². The Balaban J connectivity index is 1.87. The molecule has 5 heteroatoms. The van der Waals surface area contributed by atoms with Gasteiger partial charge in [0.2, 0.25) is 0 Å². The highest BCUT2D eigenvalue weighted by Crippen LogP contribution is 2.35. The van der Waals surface area contributed by atoms with Crippen LogP contribution in [0.25, 0.3) is 0 Å². The lowest BCUT2D eigenvalue weighted by Crippen LogP contribution is -2.40. The first-order valence-corrected chi connectivity index (χ1v) is 6.86. The molecule has 1 aromatic rings. The number of aryl methyl sites for hydroxylation is 1. The Kier molecular flexibility index (Phi) is 3.14. The molecule has 2 fully saturated rings. The number of fused-ring (bicyclic) bond motifs is 1. The molecule has 2 saturated heterocycles. The number of hydrogen-bond donors (Lipinski definition) is 1. The number of nitro benzene ring substituents is 1. The van der Waals surface area contributed by atoms with Crippen molar-refractivity contribution in [2.75, 3.05) is 31.1 Å². The molecule has 1 N–H and O–H groups in total. The van der Waals surface area contributed by atoms with Gasteiger partial charge in [-0.1, -0.05) is 6.07 Å². The van der Waals surface area contributed by atoms with Crippen LogP contribution in [0.2, 0.25) is 0 Å². The van der Waals surface area contributed by atoms with Crippen LogP contribution in [0.5, 0.6) is 0 Å². The molecule has 102 valence electrons. The van der Waals surface area contributed by atoms with Crippen LogP contribution < -0.4 is 10.2 Å². The Morgan fingerprint density at radius 2 is 2.16 bits per heavy atom. The minimum atomic E-state index is -0.263. The molecule has 0 aromatic heterocycles. The maximum absolute atomic E-state index is 11.2. The van der Waals surface area contributed by atoms with E-state index in [1.807, 2.05) is 19.1 Å². The first kappa shape index (κ1) is 12.4. The molecule has 0 aliphatic carbocycles. The standard InChI is InChI=1S/C14H19N3O2/c1-10-2-3-13(14(6-10)17(18)19)16-5-4-11-7-15-8-12(11)9-16/h2-3,6,11-12,15H,4-5,7-9H2,1H3. The third-order valence-corrected chi connectivity index (χ3v) is 4.37. The largest absolute Gasteiger partial charge is 0.366 e. The molecule has 2 aliphatic rings. The number of anilines is 1. The van der Waals surface area contributed by atoms with Crippen molar-refractivity contribution in [1.82, 2.24) is 5.32 Å². The number of benzene rings is 1. The molecule has 0 amide bonds. The topological polar surface area (TPSA) is 58.4 Å². The van der Waals surface area contributed by atoms with Crippen LogP contribution in [-0.2, 0) is 0 Å². The van der Waals surface area contributed by atoms with Gasteiger partial charge in [-0.3, -0.25) is 10.1 Å². The first-order valence-electron chi connectivity index (χ1n) is 6.86. The van der Waals surface area contributed by atoms with E-state index < -0.39 is 0 Å². The highest BCUT2D eigenvalue weighted by molar-refractivity contribution is 5.64. The van der Waals surface area contributed by atoms with Gasteiger partial charge in [0.05, 0.1) is 4.92 Å². The van der Waals surface area contributed by atoms with Crippen LogP contribution in [0, 0.1) is 28.9 Å². The van der Waals surface area contributed by atoms with Crippen LogP contribution in [0.4, 0.5) is 11.4 Å². The molecule has 2 heterocycles. The molecule has 0 spiro atoms. The summed E-state index contributed by atoms with van der Waals surface area (Å²) in [5.74, 6) is 1.38. The molecule has 2 aliphatic heterocycles. The fourth-order valence-electron chi connectivity index (χ4n) is 3.30. The Bertz CT molecular complexity index is 503.